The first-order chi connectivity index (χ1) is 15.7. The number of esters is 1. The Bertz CT molecular complexity index is 1010. The highest BCUT2D eigenvalue weighted by molar-refractivity contribution is 7.99. The minimum absolute atomic E-state index is 0.0628. The third-order valence-electron chi connectivity index (χ3n) is 4.88. The zero-order valence-corrected chi connectivity index (χ0v) is 18.1. The number of thioether (sulfide) groups is 1. The molecule has 1 fully saturated rings. The number of nitrogens with zero attached hydrogens (tertiary/aromatic N) is 1. The third-order valence-corrected chi connectivity index (χ3v) is 5.60. The molecule has 0 aromatic heterocycles. The number of nitrogens with one attached hydrogen (secondary N) is 1. The third kappa shape index (κ3) is 6.96. The van der Waals surface area contributed by atoms with Crippen LogP contribution in [0.25, 0.3) is 0 Å². The second-order valence-corrected chi connectivity index (χ2v) is 8.34. The Kier molecular flexibility index (Phi) is 8.34. The van der Waals surface area contributed by atoms with Gasteiger partial charge in [-0.3, -0.25) is 9.59 Å². The number of aliphatic hydroxyl groups is 1. The van der Waals surface area contributed by atoms with Gasteiger partial charge in [0.05, 0.1) is 12.5 Å². The van der Waals surface area contributed by atoms with E-state index >= 15 is 0 Å². The molecule has 1 heterocycles. The van der Waals surface area contributed by atoms with Crippen molar-refractivity contribution in [3.8, 4) is 0 Å². The van der Waals surface area contributed by atoms with Gasteiger partial charge in [0.25, 0.3) is 11.7 Å². The summed E-state index contributed by atoms with van der Waals surface area (Å²) in [6.07, 6.45) is -1.30. The van der Waals surface area contributed by atoms with E-state index in [2.05, 4.69) is 5.32 Å². The lowest BCUT2D eigenvalue weighted by atomic mass is 10.1. The number of carbonyl (C=O) groups excluding carboxylic acids is 3. The number of hydrogen-bond acceptors (Lipinski definition) is 6. The standard InChI is InChI=1S/C22H21F3N2O5S/c23-17-4-2-1-3-13(17)9-20(30)27-11-15(28)10-18(27)21(31)32-12-19(29)26-14-5-7-16(8-6-14)33-22(24)25/h1-8,15,18,22,28H,9-12H2,(H,26,29). The van der Waals surface area contributed by atoms with E-state index in [1.165, 1.54) is 42.5 Å². The van der Waals surface area contributed by atoms with Crippen LogP contribution in [0.15, 0.2) is 53.4 Å². The van der Waals surface area contributed by atoms with Crippen molar-refractivity contribution in [2.24, 2.45) is 0 Å². The second kappa shape index (κ2) is 11.2. The maximum absolute atomic E-state index is 13.8. The molecule has 2 aromatic carbocycles. The van der Waals surface area contributed by atoms with E-state index in [1.54, 1.807) is 6.07 Å². The topological polar surface area (TPSA) is 95.9 Å². The molecule has 1 aliphatic heterocycles. The van der Waals surface area contributed by atoms with Gasteiger partial charge < -0.3 is 20.1 Å². The van der Waals surface area contributed by atoms with E-state index in [-0.39, 0.29) is 24.9 Å². The molecular weight excluding hydrogens is 461 g/mol. The molecule has 0 spiro atoms. The Morgan fingerprint density at radius 3 is 2.52 bits per heavy atom. The maximum Gasteiger partial charge on any atom is 0.329 e. The number of carbonyl (C=O) groups is 3. The van der Waals surface area contributed by atoms with Crippen LogP contribution in [0, 0.1) is 5.82 Å². The number of halogens is 3. The van der Waals surface area contributed by atoms with Crippen molar-refractivity contribution < 1.29 is 37.4 Å². The van der Waals surface area contributed by atoms with Crippen LogP contribution in [0.4, 0.5) is 18.9 Å². The number of hydrogen-bond donors (Lipinski definition) is 2. The first-order valence-corrected chi connectivity index (χ1v) is 10.8. The summed E-state index contributed by atoms with van der Waals surface area (Å²) in [7, 11) is 0. The first kappa shape index (κ1) is 24.6. The molecular formula is C22H21F3N2O5S. The average molecular weight is 482 g/mol. The maximum atomic E-state index is 13.8. The predicted octanol–water partition coefficient (Wildman–Crippen LogP) is 2.83. The number of alkyl halides is 2. The highest BCUT2D eigenvalue weighted by Crippen LogP contribution is 2.26. The molecule has 0 aliphatic carbocycles. The highest BCUT2D eigenvalue weighted by atomic mass is 32.2. The molecule has 1 saturated heterocycles. The van der Waals surface area contributed by atoms with Crippen LogP contribution in [-0.4, -0.2) is 58.8 Å². The van der Waals surface area contributed by atoms with Crippen LogP contribution in [0.3, 0.4) is 0 Å². The first-order valence-electron chi connectivity index (χ1n) is 9.95. The molecule has 2 atom stereocenters. The average Bonchev–Trinajstić information content (AvgIpc) is 3.16. The Morgan fingerprint density at radius 1 is 1.15 bits per heavy atom. The zero-order valence-electron chi connectivity index (χ0n) is 17.2. The van der Waals surface area contributed by atoms with Gasteiger partial charge in [0.1, 0.15) is 11.9 Å². The fraction of sp³-hybridized carbons (Fsp3) is 0.318. The zero-order chi connectivity index (χ0) is 24.0. The van der Waals surface area contributed by atoms with Gasteiger partial charge in [0.15, 0.2) is 6.61 Å². The molecule has 1 aliphatic rings. The Morgan fingerprint density at radius 2 is 1.85 bits per heavy atom. The van der Waals surface area contributed by atoms with E-state index in [4.69, 9.17) is 4.74 Å². The van der Waals surface area contributed by atoms with Crippen molar-refractivity contribution in [2.75, 3.05) is 18.5 Å². The van der Waals surface area contributed by atoms with Crippen molar-refractivity contribution in [1.82, 2.24) is 4.90 Å². The van der Waals surface area contributed by atoms with Crippen LogP contribution < -0.4 is 5.32 Å². The minimum atomic E-state index is -2.56. The summed E-state index contributed by atoms with van der Waals surface area (Å²) in [6.45, 7) is -0.753. The lowest BCUT2D eigenvalue weighted by molar-refractivity contribution is -0.155. The number of β-amino-alcohol motifs (C(OH)–C–C–N with tert-alkyl or cyclic N) is 1. The van der Waals surface area contributed by atoms with Crippen molar-refractivity contribution in [3.05, 3.63) is 59.9 Å². The van der Waals surface area contributed by atoms with Gasteiger partial charge >= 0.3 is 5.97 Å². The van der Waals surface area contributed by atoms with E-state index in [0.717, 1.165) is 4.90 Å². The molecule has 2 N–H and O–H groups in total. The van der Waals surface area contributed by atoms with Gasteiger partial charge in [-0.1, -0.05) is 30.0 Å². The molecule has 2 unspecified atom stereocenters. The van der Waals surface area contributed by atoms with E-state index in [0.29, 0.717) is 22.3 Å². The summed E-state index contributed by atoms with van der Waals surface area (Å²) >= 11 is 0.369. The molecule has 0 radical (unpaired) electrons. The van der Waals surface area contributed by atoms with Crippen molar-refractivity contribution >= 4 is 35.2 Å². The highest BCUT2D eigenvalue weighted by Gasteiger charge is 2.40. The summed E-state index contributed by atoms with van der Waals surface area (Å²) in [5.41, 5.74) is 0.487. The summed E-state index contributed by atoms with van der Waals surface area (Å²) < 4.78 is 43.6. The van der Waals surface area contributed by atoms with Gasteiger partial charge in [0, 0.05) is 23.5 Å². The van der Waals surface area contributed by atoms with Gasteiger partial charge in [-0.15, -0.1) is 0 Å². The SMILES string of the molecule is O=C(COC(=O)C1CC(O)CN1C(=O)Cc1ccccc1F)Nc1ccc(SC(F)F)cc1. The predicted molar refractivity (Wildman–Crippen MR) is 114 cm³/mol. The molecule has 176 valence electrons. The molecule has 0 saturated carbocycles. The van der Waals surface area contributed by atoms with Crippen LogP contribution in [0.5, 0.6) is 0 Å². The molecule has 7 nitrogen and oxygen atoms in total. The second-order valence-electron chi connectivity index (χ2n) is 7.28. The van der Waals surface area contributed by atoms with Crippen LogP contribution in [0.1, 0.15) is 12.0 Å². The summed E-state index contributed by atoms with van der Waals surface area (Å²) in [5, 5.41) is 12.4. The van der Waals surface area contributed by atoms with E-state index in [1.807, 2.05) is 0 Å². The van der Waals surface area contributed by atoms with Crippen LogP contribution >= 0.6 is 11.8 Å². The molecule has 3 rings (SSSR count). The Hall–Kier alpha value is -3.05. The number of likely N-dealkylation sites (tertiary alicyclic amines) is 1. The van der Waals surface area contributed by atoms with Gasteiger partial charge in [-0.05, 0) is 35.9 Å². The molecule has 33 heavy (non-hydrogen) atoms. The Labute approximate surface area is 191 Å². The fourth-order valence-electron chi connectivity index (χ4n) is 3.37. The van der Waals surface area contributed by atoms with Crippen molar-refractivity contribution in [1.29, 1.82) is 0 Å². The van der Waals surface area contributed by atoms with Crippen LogP contribution in [0.2, 0.25) is 0 Å². The fourth-order valence-corrected chi connectivity index (χ4v) is 3.87. The number of benzene rings is 2. The largest absolute Gasteiger partial charge is 0.454 e. The summed E-state index contributed by atoms with van der Waals surface area (Å²) in [4.78, 5) is 38.6. The monoisotopic (exact) mass is 482 g/mol. The summed E-state index contributed by atoms with van der Waals surface area (Å²) in [6, 6.07) is 10.3. The molecule has 2 amide bonds. The van der Waals surface area contributed by atoms with Gasteiger partial charge in [0.2, 0.25) is 5.91 Å². The number of ether oxygens (including phenoxy) is 1. The Balaban J connectivity index is 1.53. The van der Waals surface area contributed by atoms with Crippen molar-refractivity contribution in [3.63, 3.8) is 0 Å². The van der Waals surface area contributed by atoms with Gasteiger partial charge in [-0.25, -0.2) is 9.18 Å². The lowest BCUT2D eigenvalue weighted by Crippen LogP contribution is -2.43. The van der Waals surface area contributed by atoms with E-state index < -0.39 is 48.1 Å². The summed E-state index contributed by atoms with van der Waals surface area (Å²) in [5.74, 6) is -5.20. The number of aliphatic hydroxyl groups excluding tert-OH is 1. The number of anilines is 1. The number of amides is 2. The van der Waals surface area contributed by atoms with Gasteiger partial charge in [-0.2, -0.15) is 8.78 Å². The lowest BCUT2D eigenvalue weighted by Gasteiger charge is -2.23. The molecule has 2 aromatic rings. The number of rotatable bonds is 8. The van der Waals surface area contributed by atoms with Crippen LogP contribution in [-0.2, 0) is 25.5 Å². The smallest absolute Gasteiger partial charge is 0.329 e. The van der Waals surface area contributed by atoms with E-state index in [9.17, 15) is 32.7 Å². The van der Waals surface area contributed by atoms with Crippen molar-refractivity contribution in [2.45, 2.75) is 35.6 Å². The normalized spacial score (nSPS) is 17.8. The minimum Gasteiger partial charge on any atom is -0.454 e. The quantitative estimate of drug-likeness (QED) is 0.444. The molecule has 11 heteroatoms. The molecule has 0 bridgehead atoms.